The SMILES string of the molecule is C#CCSCCNCC(=O)Nc1ccc(C)cc1. The van der Waals surface area contributed by atoms with E-state index >= 15 is 0 Å². The first-order valence-electron chi connectivity index (χ1n) is 5.81. The Morgan fingerprint density at radius 1 is 1.39 bits per heavy atom. The molecule has 0 spiro atoms. The first-order valence-corrected chi connectivity index (χ1v) is 6.96. The van der Waals surface area contributed by atoms with Crippen molar-refractivity contribution in [3.63, 3.8) is 0 Å². The fourth-order valence-corrected chi connectivity index (χ4v) is 1.87. The van der Waals surface area contributed by atoms with Gasteiger partial charge in [0.15, 0.2) is 0 Å². The standard InChI is InChI=1S/C14H18N2OS/c1-3-9-18-10-8-15-11-14(17)16-13-6-4-12(2)5-7-13/h1,4-7,15H,8-11H2,2H3,(H,16,17). The average molecular weight is 262 g/mol. The van der Waals surface area contributed by atoms with Gasteiger partial charge in [-0.15, -0.1) is 18.2 Å². The van der Waals surface area contributed by atoms with Crippen LogP contribution in [0.1, 0.15) is 5.56 Å². The molecule has 0 bridgehead atoms. The summed E-state index contributed by atoms with van der Waals surface area (Å²) in [4.78, 5) is 11.6. The summed E-state index contributed by atoms with van der Waals surface area (Å²) >= 11 is 1.68. The number of hydrogen-bond donors (Lipinski definition) is 2. The Hall–Kier alpha value is -1.44. The molecule has 0 saturated carbocycles. The number of carbonyl (C=O) groups is 1. The van der Waals surface area contributed by atoms with Crippen LogP contribution in [0.25, 0.3) is 0 Å². The van der Waals surface area contributed by atoms with Crippen LogP contribution in [0.4, 0.5) is 5.69 Å². The fraction of sp³-hybridized carbons (Fsp3) is 0.357. The molecule has 0 radical (unpaired) electrons. The van der Waals surface area contributed by atoms with Gasteiger partial charge in [0, 0.05) is 18.0 Å². The van der Waals surface area contributed by atoms with E-state index in [1.807, 2.05) is 31.2 Å². The molecule has 1 aromatic rings. The monoisotopic (exact) mass is 262 g/mol. The van der Waals surface area contributed by atoms with E-state index in [1.54, 1.807) is 11.8 Å². The fourth-order valence-electron chi connectivity index (χ4n) is 1.32. The molecule has 0 aliphatic carbocycles. The van der Waals surface area contributed by atoms with Crippen LogP contribution in [0.5, 0.6) is 0 Å². The third-order valence-corrected chi connectivity index (χ3v) is 3.09. The van der Waals surface area contributed by atoms with Crippen LogP contribution in [-0.2, 0) is 4.79 Å². The van der Waals surface area contributed by atoms with Gasteiger partial charge in [0.25, 0.3) is 0 Å². The molecule has 0 aliphatic heterocycles. The maximum Gasteiger partial charge on any atom is 0.238 e. The summed E-state index contributed by atoms with van der Waals surface area (Å²) in [6.07, 6.45) is 5.13. The van der Waals surface area contributed by atoms with E-state index < -0.39 is 0 Å². The van der Waals surface area contributed by atoms with Gasteiger partial charge in [0.2, 0.25) is 5.91 Å². The molecule has 0 atom stereocenters. The molecular weight excluding hydrogens is 244 g/mol. The molecule has 0 unspecified atom stereocenters. The molecule has 96 valence electrons. The van der Waals surface area contributed by atoms with E-state index in [9.17, 15) is 4.79 Å². The van der Waals surface area contributed by atoms with Gasteiger partial charge in [0.05, 0.1) is 12.3 Å². The second-order valence-electron chi connectivity index (χ2n) is 3.85. The molecule has 3 nitrogen and oxygen atoms in total. The van der Waals surface area contributed by atoms with Crippen molar-refractivity contribution < 1.29 is 4.79 Å². The molecular formula is C14H18N2OS. The van der Waals surface area contributed by atoms with Gasteiger partial charge in [0.1, 0.15) is 0 Å². The van der Waals surface area contributed by atoms with Crippen molar-refractivity contribution >= 4 is 23.4 Å². The maximum atomic E-state index is 11.6. The zero-order chi connectivity index (χ0) is 13.2. The van der Waals surface area contributed by atoms with Gasteiger partial charge in [-0.25, -0.2) is 0 Å². The highest BCUT2D eigenvalue weighted by molar-refractivity contribution is 7.99. The lowest BCUT2D eigenvalue weighted by Crippen LogP contribution is -2.29. The number of terminal acetylenes is 1. The quantitative estimate of drug-likeness (QED) is 0.582. The summed E-state index contributed by atoms with van der Waals surface area (Å²) in [7, 11) is 0. The summed E-state index contributed by atoms with van der Waals surface area (Å²) < 4.78 is 0. The number of anilines is 1. The van der Waals surface area contributed by atoms with Crippen molar-refractivity contribution in [2.45, 2.75) is 6.92 Å². The van der Waals surface area contributed by atoms with Gasteiger partial charge in [-0.05, 0) is 19.1 Å². The molecule has 1 rings (SSSR count). The smallest absolute Gasteiger partial charge is 0.238 e. The zero-order valence-electron chi connectivity index (χ0n) is 10.5. The minimum Gasteiger partial charge on any atom is -0.325 e. The van der Waals surface area contributed by atoms with Crippen molar-refractivity contribution in [3.8, 4) is 12.3 Å². The van der Waals surface area contributed by atoms with Gasteiger partial charge >= 0.3 is 0 Å². The predicted molar refractivity (Wildman–Crippen MR) is 78.8 cm³/mol. The Kier molecular flexibility index (Phi) is 7.00. The van der Waals surface area contributed by atoms with E-state index in [0.717, 1.165) is 23.7 Å². The van der Waals surface area contributed by atoms with Crippen LogP contribution < -0.4 is 10.6 Å². The number of nitrogens with one attached hydrogen (secondary N) is 2. The van der Waals surface area contributed by atoms with E-state index in [4.69, 9.17) is 6.42 Å². The molecule has 18 heavy (non-hydrogen) atoms. The van der Waals surface area contributed by atoms with Gasteiger partial charge in [-0.1, -0.05) is 23.6 Å². The molecule has 1 aromatic carbocycles. The number of aryl methyl sites for hydroxylation is 1. The molecule has 2 N–H and O–H groups in total. The topological polar surface area (TPSA) is 41.1 Å². The number of benzene rings is 1. The highest BCUT2D eigenvalue weighted by Gasteiger charge is 2.00. The van der Waals surface area contributed by atoms with Crippen LogP contribution >= 0.6 is 11.8 Å². The maximum absolute atomic E-state index is 11.6. The first-order chi connectivity index (χ1) is 8.72. The minimum atomic E-state index is -0.0270. The van der Waals surface area contributed by atoms with Crippen molar-refractivity contribution in [1.82, 2.24) is 5.32 Å². The van der Waals surface area contributed by atoms with E-state index in [2.05, 4.69) is 16.6 Å². The number of carbonyl (C=O) groups excluding carboxylic acids is 1. The lowest BCUT2D eigenvalue weighted by molar-refractivity contribution is -0.115. The largest absolute Gasteiger partial charge is 0.325 e. The molecule has 1 amide bonds. The molecule has 0 aliphatic rings. The molecule has 0 aromatic heterocycles. The molecule has 0 saturated heterocycles. The summed E-state index contributed by atoms with van der Waals surface area (Å²) in [5, 5.41) is 5.90. The van der Waals surface area contributed by atoms with Crippen LogP contribution in [0.3, 0.4) is 0 Å². The normalized spacial score (nSPS) is 9.78. The highest BCUT2D eigenvalue weighted by Crippen LogP contribution is 2.07. The van der Waals surface area contributed by atoms with Crippen LogP contribution in [0.2, 0.25) is 0 Å². The van der Waals surface area contributed by atoms with Crippen molar-refractivity contribution in [1.29, 1.82) is 0 Å². The second-order valence-corrected chi connectivity index (χ2v) is 4.95. The number of hydrogen-bond acceptors (Lipinski definition) is 3. The number of amides is 1. The summed E-state index contributed by atoms with van der Waals surface area (Å²) in [5.74, 6) is 4.17. The first kappa shape index (κ1) is 14.6. The van der Waals surface area contributed by atoms with Gasteiger partial charge in [-0.2, -0.15) is 0 Å². The Morgan fingerprint density at radius 2 is 2.11 bits per heavy atom. The molecule has 0 heterocycles. The Balaban J connectivity index is 2.14. The molecule has 4 heteroatoms. The Morgan fingerprint density at radius 3 is 2.78 bits per heavy atom. The zero-order valence-corrected chi connectivity index (χ0v) is 11.3. The highest BCUT2D eigenvalue weighted by atomic mass is 32.2. The van der Waals surface area contributed by atoms with E-state index in [1.165, 1.54) is 5.56 Å². The van der Waals surface area contributed by atoms with Crippen molar-refractivity contribution in [2.24, 2.45) is 0 Å². The predicted octanol–water partition coefficient (Wildman–Crippen LogP) is 1.89. The van der Waals surface area contributed by atoms with E-state index in [0.29, 0.717) is 6.54 Å². The lowest BCUT2D eigenvalue weighted by Gasteiger charge is -2.06. The third kappa shape index (κ3) is 6.33. The van der Waals surface area contributed by atoms with Crippen molar-refractivity contribution in [3.05, 3.63) is 29.8 Å². The Labute approximate surface area is 113 Å². The summed E-state index contributed by atoms with van der Waals surface area (Å²) in [6, 6.07) is 7.74. The molecule has 0 fully saturated rings. The third-order valence-electron chi connectivity index (χ3n) is 2.23. The van der Waals surface area contributed by atoms with Gasteiger partial charge < -0.3 is 10.6 Å². The van der Waals surface area contributed by atoms with Crippen LogP contribution in [0, 0.1) is 19.3 Å². The van der Waals surface area contributed by atoms with Gasteiger partial charge in [-0.3, -0.25) is 4.79 Å². The summed E-state index contributed by atoms with van der Waals surface area (Å²) in [6.45, 7) is 3.12. The lowest BCUT2D eigenvalue weighted by atomic mass is 10.2. The minimum absolute atomic E-state index is 0.0270. The summed E-state index contributed by atoms with van der Waals surface area (Å²) in [5.41, 5.74) is 2.01. The average Bonchev–Trinajstić information content (AvgIpc) is 2.36. The number of thioether (sulfide) groups is 1. The second kappa shape index (κ2) is 8.62. The Bertz CT molecular complexity index is 409. The number of rotatable bonds is 7. The van der Waals surface area contributed by atoms with E-state index in [-0.39, 0.29) is 5.91 Å². The van der Waals surface area contributed by atoms with Crippen LogP contribution in [0.15, 0.2) is 24.3 Å². The van der Waals surface area contributed by atoms with Crippen molar-refractivity contribution in [2.75, 3.05) is 29.9 Å². The van der Waals surface area contributed by atoms with Crippen LogP contribution in [-0.4, -0.2) is 30.5 Å².